The van der Waals surface area contributed by atoms with Gasteiger partial charge in [0.2, 0.25) is 0 Å². The van der Waals surface area contributed by atoms with Crippen LogP contribution in [0.2, 0.25) is 0 Å². The Balaban J connectivity index is 1.50. The van der Waals surface area contributed by atoms with Gasteiger partial charge in [0.1, 0.15) is 12.2 Å². The van der Waals surface area contributed by atoms with E-state index < -0.39 is 0 Å². The summed E-state index contributed by atoms with van der Waals surface area (Å²) in [6.07, 6.45) is 12.8. The van der Waals surface area contributed by atoms with Crippen molar-refractivity contribution in [3.8, 4) is 11.3 Å². The second-order valence-corrected chi connectivity index (χ2v) is 7.76. The average molecular weight is 425 g/mol. The average Bonchev–Trinajstić information content (AvgIpc) is 3.51. The van der Waals surface area contributed by atoms with Gasteiger partial charge in [-0.15, -0.1) is 0 Å². The fraction of sp³-hybridized carbons (Fsp3) is 0.208. The largest absolute Gasteiger partial charge is 0.347 e. The first-order valence-corrected chi connectivity index (χ1v) is 10.7. The van der Waals surface area contributed by atoms with Crippen molar-refractivity contribution in [1.82, 2.24) is 35.5 Å². The van der Waals surface area contributed by atoms with Gasteiger partial charge < -0.3 is 10.3 Å². The molecule has 0 radical (unpaired) electrons. The van der Waals surface area contributed by atoms with Crippen LogP contribution in [-0.2, 0) is 19.4 Å². The molecule has 0 atom stereocenters. The van der Waals surface area contributed by atoms with Crippen molar-refractivity contribution in [2.75, 3.05) is 0 Å². The van der Waals surface area contributed by atoms with Crippen LogP contribution < -0.4 is 5.32 Å². The predicted molar refractivity (Wildman–Crippen MR) is 121 cm³/mol. The molecule has 5 rings (SSSR count). The Kier molecular flexibility index (Phi) is 5.57. The van der Waals surface area contributed by atoms with E-state index in [0.29, 0.717) is 12.1 Å². The maximum absolute atomic E-state index is 12.5. The molecule has 1 aliphatic rings. The molecule has 0 unspecified atom stereocenters. The molecule has 3 aromatic heterocycles. The van der Waals surface area contributed by atoms with Crippen LogP contribution in [0.5, 0.6) is 0 Å². The Labute approximate surface area is 184 Å². The molecule has 0 bridgehead atoms. The number of rotatable bonds is 4. The monoisotopic (exact) mass is 425 g/mol. The van der Waals surface area contributed by atoms with Gasteiger partial charge >= 0.3 is 0 Å². The number of benzene rings is 1. The fourth-order valence-corrected chi connectivity index (χ4v) is 4.04. The molecule has 32 heavy (non-hydrogen) atoms. The van der Waals surface area contributed by atoms with Gasteiger partial charge in [0, 0.05) is 28.9 Å². The number of hydrogen-bond donors (Lipinski definition) is 3. The summed E-state index contributed by atoms with van der Waals surface area (Å²) in [6, 6.07) is 9.76. The van der Waals surface area contributed by atoms with E-state index >= 15 is 0 Å². The lowest BCUT2D eigenvalue weighted by molar-refractivity contribution is 0.0950. The number of aromatic amines is 2. The zero-order chi connectivity index (χ0) is 21.8. The molecule has 1 amide bonds. The molecule has 0 saturated carbocycles. The van der Waals surface area contributed by atoms with Crippen LogP contribution in [0.3, 0.4) is 0 Å². The number of nitrogens with one attached hydrogen (secondary N) is 3. The molecular weight excluding hydrogens is 402 g/mol. The Bertz CT molecular complexity index is 1290. The van der Waals surface area contributed by atoms with E-state index in [1.165, 1.54) is 11.1 Å². The highest BCUT2D eigenvalue weighted by molar-refractivity contribution is 5.94. The van der Waals surface area contributed by atoms with E-state index in [1.807, 2.05) is 30.5 Å². The number of H-pyrrole nitrogens is 2. The molecule has 0 spiro atoms. The van der Waals surface area contributed by atoms with Crippen molar-refractivity contribution in [2.24, 2.45) is 0 Å². The van der Waals surface area contributed by atoms with Crippen LogP contribution in [0.1, 0.15) is 40.2 Å². The van der Waals surface area contributed by atoms with E-state index in [0.717, 1.165) is 53.7 Å². The lowest BCUT2D eigenvalue weighted by atomic mass is 9.89. The van der Waals surface area contributed by atoms with E-state index in [-0.39, 0.29) is 5.91 Å². The standard InChI is InChI=1S/C24H23N7O/c32-24(28-14-22-26-9-10-27-22)17-7-5-16(6-8-17)23-20-4-2-1-3-18(20)11-19-12-30-31-21(19)13-25-15-29-23/h5-13,15H,1-4,14H2,(H,26,27)(H,28,32)(H,30,31). The van der Waals surface area contributed by atoms with Crippen LogP contribution in [0.4, 0.5) is 0 Å². The minimum atomic E-state index is -0.143. The molecule has 0 saturated heterocycles. The van der Waals surface area contributed by atoms with Crippen molar-refractivity contribution >= 4 is 16.8 Å². The number of hydrogen-bond acceptors (Lipinski definition) is 5. The number of fused-ring (bicyclic) bond motifs is 2. The van der Waals surface area contributed by atoms with Gasteiger partial charge in [-0.25, -0.2) is 15.0 Å². The van der Waals surface area contributed by atoms with Gasteiger partial charge in [0.15, 0.2) is 0 Å². The van der Waals surface area contributed by atoms with Crippen molar-refractivity contribution < 1.29 is 4.79 Å². The highest BCUT2D eigenvalue weighted by atomic mass is 16.1. The lowest BCUT2D eigenvalue weighted by Gasteiger charge is -2.17. The normalized spacial score (nSPS) is 12.8. The minimum absolute atomic E-state index is 0.143. The second kappa shape index (κ2) is 8.97. The quantitative estimate of drug-likeness (QED) is 0.462. The second-order valence-electron chi connectivity index (χ2n) is 7.76. The molecule has 0 aliphatic heterocycles. The molecule has 0 fully saturated rings. The van der Waals surface area contributed by atoms with Crippen molar-refractivity contribution in [3.63, 3.8) is 0 Å². The van der Waals surface area contributed by atoms with E-state index in [2.05, 4.69) is 36.5 Å². The first kappa shape index (κ1) is 19.9. The summed E-state index contributed by atoms with van der Waals surface area (Å²) in [5.74, 6) is 0.575. The van der Waals surface area contributed by atoms with Crippen LogP contribution in [0.15, 0.2) is 61.4 Å². The minimum Gasteiger partial charge on any atom is -0.347 e. The van der Waals surface area contributed by atoms with Gasteiger partial charge in [-0.2, -0.15) is 5.10 Å². The summed E-state index contributed by atoms with van der Waals surface area (Å²) in [7, 11) is 0. The SMILES string of the molecule is O=C(NCc1ncc[nH]1)c1ccc(-c2ncncc3[nH]ncc3cc3c2CCCC3)cc1. The van der Waals surface area contributed by atoms with Crippen molar-refractivity contribution in [3.05, 3.63) is 84.0 Å². The third-order valence-corrected chi connectivity index (χ3v) is 5.67. The predicted octanol–water partition coefficient (Wildman–Crippen LogP) is 3.68. The Morgan fingerprint density at radius 1 is 1.06 bits per heavy atom. The molecule has 160 valence electrons. The number of carbonyl (C=O) groups is 1. The Morgan fingerprint density at radius 2 is 1.94 bits per heavy atom. The topological polar surface area (TPSA) is 112 Å². The highest BCUT2D eigenvalue weighted by Gasteiger charge is 2.15. The number of carbonyl (C=O) groups excluding carboxylic acids is 1. The van der Waals surface area contributed by atoms with Crippen LogP contribution in [0.25, 0.3) is 22.2 Å². The number of aromatic nitrogens is 6. The molecule has 8 heteroatoms. The Morgan fingerprint density at radius 3 is 2.78 bits per heavy atom. The van der Waals surface area contributed by atoms with Gasteiger partial charge in [-0.3, -0.25) is 9.89 Å². The smallest absolute Gasteiger partial charge is 0.251 e. The van der Waals surface area contributed by atoms with Crippen molar-refractivity contribution in [2.45, 2.75) is 32.2 Å². The Hall–Kier alpha value is -4.07. The van der Waals surface area contributed by atoms with Gasteiger partial charge in [-0.1, -0.05) is 12.1 Å². The molecule has 1 aromatic carbocycles. The summed E-state index contributed by atoms with van der Waals surface area (Å²) in [5, 5.41) is 11.0. The first-order chi connectivity index (χ1) is 15.8. The summed E-state index contributed by atoms with van der Waals surface area (Å²) in [4.78, 5) is 28.6. The summed E-state index contributed by atoms with van der Waals surface area (Å²) < 4.78 is 0. The molecule has 1 aliphatic carbocycles. The maximum Gasteiger partial charge on any atom is 0.251 e. The third-order valence-electron chi connectivity index (χ3n) is 5.67. The fourth-order valence-electron chi connectivity index (χ4n) is 4.04. The third kappa shape index (κ3) is 4.20. The molecule has 3 N–H and O–H groups in total. The highest BCUT2D eigenvalue weighted by Crippen LogP contribution is 2.29. The number of nitrogens with zero attached hydrogens (tertiary/aromatic N) is 4. The molecule has 4 aromatic rings. The van der Waals surface area contributed by atoms with E-state index in [4.69, 9.17) is 4.98 Å². The number of imidazole rings is 1. The zero-order valence-corrected chi connectivity index (χ0v) is 17.5. The van der Waals surface area contributed by atoms with Crippen LogP contribution in [0, 0.1) is 0 Å². The number of amides is 1. The summed E-state index contributed by atoms with van der Waals surface area (Å²) >= 11 is 0. The van der Waals surface area contributed by atoms with Gasteiger partial charge in [-0.05, 0) is 55.0 Å². The molecular formula is C24H23N7O. The number of aryl methyl sites for hydroxylation is 1. The van der Waals surface area contributed by atoms with E-state index in [9.17, 15) is 4.79 Å². The summed E-state index contributed by atoms with van der Waals surface area (Å²) in [5.41, 5.74) is 5.85. The van der Waals surface area contributed by atoms with Gasteiger partial charge in [0.25, 0.3) is 5.91 Å². The van der Waals surface area contributed by atoms with Crippen LogP contribution in [-0.4, -0.2) is 36.0 Å². The van der Waals surface area contributed by atoms with E-state index in [1.54, 1.807) is 24.9 Å². The summed E-state index contributed by atoms with van der Waals surface area (Å²) in [6.45, 7) is 0.356. The van der Waals surface area contributed by atoms with Crippen molar-refractivity contribution in [1.29, 1.82) is 0 Å². The van der Waals surface area contributed by atoms with Crippen LogP contribution >= 0.6 is 0 Å². The zero-order valence-electron chi connectivity index (χ0n) is 17.5. The molecule has 3 heterocycles. The first-order valence-electron chi connectivity index (χ1n) is 10.7. The lowest BCUT2D eigenvalue weighted by Crippen LogP contribution is -2.23. The van der Waals surface area contributed by atoms with Gasteiger partial charge in [0.05, 0.1) is 30.1 Å². The maximum atomic E-state index is 12.5. The molecule has 8 nitrogen and oxygen atoms in total.